The first-order valence-corrected chi connectivity index (χ1v) is 5.67. The minimum Gasteiger partial charge on any atom is -0.493 e. The van der Waals surface area contributed by atoms with Gasteiger partial charge in [-0.25, -0.2) is 0 Å². The SMILES string of the molecule is COc1cccc(CNC(=O)C(C)(C)N)c1OC. The second-order valence-corrected chi connectivity index (χ2v) is 4.56. The van der Waals surface area contributed by atoms with E-state index in [2.05, 4.69) is 5.32 Å². The number of hydrogen-bond acceptors (Lipinski definition) is 4. The van der Waals surface area contributed by atoms with Gasteiger partial charge in [0.25, 0.3) is 0 Å². The van der Waals surface area contributed by atoms with Crippen LogP contribution in [0.5, 0.6) is 11.5 Å². The van der Waals surface area contributed by atoms with Gasteiger partial charge in [0.1, 0.15) is 0 Å². The predicted molar refractivity (Wildman–Crippen MR) is 69.7 cm³/mol. The molecule has 0 aliphatic rings. The van der Waals surface area contributed by atoms with E-state index >= 15 is 0 Å². The Balaban J connectivity index is 2.82. The lowest BCUT2D eigenvalue weighted by Crippen LogP contribution is -2.48. The summed E-state index contributed by atoms with van der Waals surface area (Å²) in [6.45, 7) is 3.66. The average molecular weight is 252 g/mol. The highest BCUT2D eigenvalue weighted by Gasteiger charge is 2.21. The predicted octanol–water partition coefficient (Wildman–Crippen LogP) is 1.06. The van der Waals surface area contributed by atoms with Crippen molar-refractivity contribution in [3.63, 3.8) is 0 Å². The third-order valence-electron chi connectivity index (χ3n) is 2.51. The molecule has 0 saturated carbocycles. The molecule has 0 heterocycles. The molecule has 0 atom stereocenters. The molecule has 1 rings (SSSR count). The van der Waals surface area contributed by atoms with Crippen molar-refractivity contribution in [2.75, 3.05) is 14.2 Å². The van der Waals surface area contributed by atoms with E-state index in [-0.39, 0.29) is 5.91 Å². The Kier molecular flexibility index (Phi) is 4.55. The maximum absolute atomic E-state index is 11.7. The fraction of sp³-hybridized carbons (Fsp3) is 0.462. The summed E-state index contributed by atoms with van der Waals surface area (Å²) >= 11 is 0. The van der Waals surface area contributed by atoms with Crippen molar-refractivity contribution in [3.05, 3.63) is 23.8 Å². The third-order valence-corrected chi connectivity index (χ3v) is 2.51. The van der Waals surface area contributed by atoms with Gasteiger partial charge in [-0.1, -0.05) is 12.1 Å². The second-order valence-electron chi connectivity index (χ2n) is 4.56. The van der Waals surface area contributed by atoms with Gasteiger partial charge < -0.3 is 20.5 Å². The number of benzene rings is 1. The zero-order valence-electron chi connectivity index (χ0n) is 11.2. The molecule has 0 aromatic heterocycles. The molecule has 0 fully saturated rings. The quantitative estimate of drug-likeness (QED) is 0.821. The molecule has 5 nitrogen and oxygen atoms in total. The zero-order valence-corrected chi connectivity index (χ0v) is 11.2. The van der Waals surface area contributed by atoms with Crippen molar-refractivity contribution in [1.82, 2.24) is 5.32 Å². The van der Waals surface area contributed by atoms with Crippen molar-refractivity contribution in [1.29, 1.82) is 0 Å². The van der Waals surface area contributed by atoms with E-state index in [0.717, 1.165) is 5.56 Å². The Labute approximate surface area is 107 Å². The fourth-order valence-electron chi connectivity index (χ4n) is 1.50. The molecule has 1 amide bonds. The van der Waals surface area contributed by atoms with Crippen molar-refractivity contribution in [2.45, 2.75) is 25.9 Å². The number of nitrogens with two attached hydrogens (primary N) is 1. The lowest BCUT2D eigenvalue weighted by atomic mass is 10.1. The molecule has 3 N–H and O–H groups in total. The van der Waals surface area contributed by atoms with Crippen molar-refractivity contribution < 1.29 is 14.3 Å². The Morgan fingerprint density at radius 2 is 2.00 bits per heavy atom. The number of methoxy groups -OCH3 is 2. The lowest BCUT2D eigenvalue weighted by molar-refractivity contribution is -0.125. The van der Waals surface area contributed by atoms with Crippen molar-refractivity contribution in [2.24, 2.45) is 5.73 Å². The molecule has 0 bridgehead atoms. The zero-order chi connectivity index (χ0) is 13.8. The largest absolute Gasteiger partial charge is 0.493 e. The van der Waals surface area contributed by atoms with Gasteiger partial charge >= 0.3 is 0 Å². The highest BCUT2D eigenvalue weighted by atomic mass is 16.5. The Morgan fingerprint density at radius 1 is 1.33 bits per heavy atom. The number of hydrogen-bond donors (Lipinski definition) is 2. The topological polar surface area (TPSA) is 73.6 Å². The van der Waals surface area contributed by atoms with E-state index in [1.807, 2.05) is 12.1 Å². The van der Waals surface area contributed by atoms with Crippen molar-refractivity contribution >= 4 is 5.91 Å². The number of carbonyl (C=O) groups is 1. The minimum absolute atomic E-state index is 0.215. The molecule has 5 heteroatoms. The van der Waals surface area contributed by atoms with Crippen molar-refractivity contribution in [3.8, 4) is 11.5 Å². The van der Waals surface area contributed by atoms with Gasteiger partial charge in [-0.15, -0.1) is 0 Å². The molecular formula is C13H20N2O3. The van der Waals surface area contributed by atoms with E-state index in [1.165, 1.54) is 0 Å². The maximum atomic E-state index is 11.7. The van der Waals surface area contributed by atoms with Gasteiger partial charge in [0.2, 0.25) is 5.91 Å². The Morgan fingerprint density at radius 3 is 2.50 bits per heavy atom. The van der Waals surface area contributed by atoms with Gasteiger partial charge in [0, 0.05) is 12.1 Å². The van der Waals surface area contributed by atoms with Gasteiger partial charge in [-0.3, -0.25) is 4.79 Å². The molecule has 100 valence electrons. The van der Waals surface area contributed by atoms with Crippen LogP contribution in [-0.2, 0) is 11.3 Å². The highest BCUT2D eigenvalue weighted by molar-refractivity contribution is 5.85. The lowest BCUT2D eigenvalue weighted by Gasteiger charge is -2.19. The van der Waals surface area contributed by atoms with E-state index in [0.29, 0.717) is 18.0 Å². The van der Waals surface area contributed by atoms with Crippen LogP contribution in [0.25, 0.3) is 0 Å². The third kappa shape index (κ3) is 3.37. The van der Waals surface area contributed by atoms with Crippen LogP contribution in [0.15, 0.2) is 18.2 Å². The molecule has 1 aromatic carbocycles. The fourth-order valence-corrected chi connectivity index (χ4v) is 1.50. The monoisotopic (exact) mass is 252 g/mol. The summed E-state index contributed by atoms with van der Waals surface area (Å²) in [5.74, 6) is 1.04. The first-order chi connectivity index (χ1) is 8.40. The van der Waals surface area contributed by atoms with E-state index in [9.17, 15) is 4.79 Å². The van der Waals surface area contributed by atoms with Crippen LogP contribution in [-0.4, -0.2) is 25.7 Å². The van der Waals surface area contributed by atoms with Crippen LogP contribution in [0, 0.1) is 0 Å². The van der Waals surface area contributed by atoms with Crippen LogP contribution >= 0.6 is 0 Å². The second kappa shape index (κ2) is 5.73. The first-order valence-electron chi connectivity index (χ1n) is 5.67. The van der Waals surface area contributed by atoms with Crippen LogP contribution in [0.4, 0.5) is 0 Å². The summed E-state index contributed by atoms with van der Waals surface area (Å²) in [4.78, 5) is 11.7. The molecule has 0 aliphatic carbocycles. The highest BCUT2D eigenvalue weighted by Crippen LogP contribution is 2.30. The van der Waals surface area contributed by atoms with E-state index in [4.69, 9.17) is 15.2 Å². The summed E-state index contributed by atoms with van der Waals surface area (Å²) in [7, 11) is 3.14. The molecule has 0 radical (unpaired) electrons. The van der Waals surface area contributed by atoms with Gasteiger partial charge in [-0.05, 0) is 19.9 Å². The number of ether oxygens (including phenoxy) is 2. The van der Waals surface area contributed by atoms with E-state index in [1.54, 1.807) is 34.1 Å². The van der Waals surface area contributed by atoms with Crippen LogP contribution in [0.2, 0.25) is 0 Å². The molecule has 0 unspecified atom stereocenters. The maximum Gasteiger partial charge on any atom is 0.239 e. The number of para-hydroxylation sites is 1. The van der Waals surface area contributed by atoms with Crippen LogP contribution < -0.4 is 20.5 Å². The number of nitrogens with one attached hydrogen (secondary N) is 1. The smallest absolute Gasteiger partial charge is 0.239 e. The standard InChI is InChI=1S/C13H20N2O3/c1-13(2,14)12(16)15-8-9-6-5-7-10(17-3)11(9)18-4/h5-7H,8,14H2,1-4H3,(H,15,16). The summed E-state index contributed by atoms with van der Waals surface area (Å²) in [5.41, 5.74) is 5.65. The van der Waals surface area contributed by atoms with E-state index < -0.39 is 5.54 Å². The molecule has 1 aromatic rings. The summed E-state index contributed by atoms with van der Waals surface area (Å²) in [6, 6.07) is 5.51. The van der Waals surface area contributed by atoms with Crippen LogP contribution in [0.1, 0.15) is 19.4 Å². The Hall–Kier alpha value is -1.75. The first kappa shape index (κ1) is 14.3. The Bertz CT molecular complexity index is 425. The number of rotatable bonds is 5. The number of carbonyl (C=O) groups excluding carboxylic acids is 1. The summed E-state index contributed by atoms with van der Waals surface area (Å²) in [6.07, 6.45) is 0. The molecule has 0 spiro atoms. The molecule has 0 saturated heterocycles. The summed E-state index contributed by atoms with van der Waals surface area (Å²) < 4.78 is 10.5. The minimum atomic E-state index is -0.897. The molecule has 18 heavy (non-hydrogen) atoms. The van der Waals surface area contributed by atoms with Gasteiger partial charge in [0.05, 0.1) is 19.8 Å². The summed E-state index contributed by atoms with van der Waals surface area (Å²) in [5, 5.41) is 2.77. The average Bonchev–Trinajstić information content (AvgIpc) is 2.33. The molecular weight excluding hydrogens is 232 g/mol. The normalized spacial score (nSPS) is 10.9. The van der Waals surface area contributed by atoms with Crippen LogP contribution in [0.3, 0.4) is 0 Å². The number of amides is 1. The molecule has 0 aliphatic heterocycles. The van der Waals surface area contributed by atoms with Gasteiger partial charge in [0.15, 0.2) is 11.5 Å². The van der Waals surface area contributed by atoms with Gasteiger partial charge in [-0.2, -0.15) is 0 Å².